The summed E-state index contributed by atoms with van der Waals surface area (Å²) < 4.78 is 0. The van der Waals surface area contributed by atoms with Crippen molar-refractivity contribution in [1.29, 1.82) is 0 Å². The molecule has 4 nitrogen and oxygen atoms in total. The van der Waals surface area contributed by atoms with Crippen molar-refractivity contribution >= 4 is 18.3 Å². The molecule has 2 N–H and O–H groups in total. The van der Waals surface area contributed by atoms with Gasteiger partial charge in [0, 0.05) is 12.6 Å². The van der Waals surface area contributed by atoms with Crippen LogP contribution in [0.5, 0.6) is 0 Å². The van der Waals surface area contributed by atoms with Crippen molar-refractivity contribution in [1.82, 2.24) is 15.5 Å². The van der Waals surface area contributed by atoms with Crippen molar-refractivity contribution in [3.05, 3.63) is 35.4 Å². The molecule has 0 aromatic heterocycles. The SMILES string of the molecule is CN(C)CC(=O)NCC1NCCc2ccccc21.Cl. The molecule has 1 amide bonds. The Morgan fingerprint density at radius 3 is 2.89 bits per heavy atom. The lowest BCUT2D eigenvalue weighted by Gasteiger charge is -2.27. The third-order valence-electron chi connectivity index (χ3n) is 3.18. The van der Waals surface area contributed by atoms with E-state index < -0.39 is 0 Å². The average molecular weight is 284 g/mol. The average Bonchev–Trinajstić information content (AvgIpc) is 2.35. The molecule has 19 heavy (non-hydrogen) atoms. The van der Waals surface area contributed by atoms with E-state index in [0.717, 1.165) is 13.0 Å². The third-order valence-corrected chi connectivity index (χ3v) is 3.18. The topological polar surface area (TPSA) is 44.4 Å². The number of nitrogens with one attached hydrogen (secondary N) is 2. The molecule has 1 aliphatic heterocycles. The second-order valence-corrected chi connectivity index (χ2v) is 5.00. The lowest BCUT2D eigenvalue weighted by molar-refractivity contribution is -0.121. The Morgan fingerprint density at radius 2 is 2.16 bits per heavy atom. The molecule has 2 rings (SSSR count). The van der Waals surface area contributed by atoms with E-state index in [1.807, 2.05) is 19.0 Å². The highest BCUT2D eigenvalue weighted by molar-refractivity contribution is 5.85. The van der Waals surface area contributed by atoms with E-state index >= 15 is 0 Å². The first kappa shape index (κ1) is 16.0. The summed E-state index contributed by atoms with van der Waals surface area (Å²) in [6, 6.07) is 8.68. The van der Waals surface area contributed by atoms with Gasteiger partial charge in [-0.05, 0) is 38.2 Å². The number of hydrogen-bond donors (Lipinski definition) is 2. The van der Waals surface area contributed by atoms with Gasteiger partial charge in [0.05, 0.1) is 6.54 Å². The molecule has 1 unspecified atom stereocenters. The van der Waals surface area contributed by atoms with Crippen LogP contribution < -0.4 is 10.6 Å². The summed E-state index contributed by atoms with van der Waals surface area (Å²) in [5.74, 6) is 0.0739. The van der Waals surface area contributed by atoms with Gasteiger partial charge < -0.3 is 15.5 Å². The molecule has 0 saturated heterocycles. The molecule has 0 radical (unpaired) electrons. The van der Waals surface area contributed by atoms with E-state index in [2.05, 4.69) is 34.9 Å². The Balaban J connectivity index is 0.00000180. The largest absolute Gasteiger partial charge is 0.353 e. The van der Waals surface area contributed by atoms with E-state index in [0.29, 0.717) is 13.1 Å². The number of amides is 1. The highest BCUT2D eigenvalue weighted by atomic mass is 35.5. The number of hydrogen-bond acceptors (Lipinski definition) is 3. The minimum Gasteiger partial charge on any atom is -0.353 e. The van der Waals surface area contributed by atoms with Gasteiger partial charge in [0.1, 0.15) is 0 Å². The van der Waals surface area contributed by atoms with Crippen LogP contribution in [0, 0.1) is 0 Å². The van der Waals surface area contributed by atoms with E-state index in [4.69, 9.17) is 0 Å². The van der Waals surface area contributed by atoms with Crippen LogP contribution >= 0.6 is 12.4 Å². The fourth-order valence-corrected chi connectivity index (χ4v) is 2.33. The summed E-state index contributed by atoms with van der Waals surface area (Å²) in [7, 11) is 3.79. The quantitative estimate of drug-likeness (QED) is 0.866. The van der Waals surface area contributed by atoms with E-state index in [1.165, 1.54) is 11.1 Å². The van der Waals surface area contributed by atoms with E-state index in [-0.39, 0.29) is 24.4 Å². The molecule has 1 atom stereocenters. The first-order chi connectivity index (χ1) is 8.66. The van der Waals surface area contributed by atoms with Crippen molar-refractivity contribution in [3.63, 3.8) is 0 Å². The number of rotatable bonds is 4. The van der Waals surface area contributed by atoms with Gasteiger partial charge in [-0.2, -0.15) is 0 Å². The van der Waals surface area contributed by atoms with Crippen LogP contribution in [-0.4, -0.2) is 44.5 Å². The van der Waals surface area contributed by atoms with Crippen LogP contribution in [-0.2, 0) is 11.2 Å². The Kier molecular flexibility index (Phi) is 6.28. The molecule has 106 valence electrons. The summed E-state index contributed by atoms with van der Waals surface area (Å²) in [5, 5.41) is 6.44. The Labute approximate surface area is 121 Å². The predicted molar refractivity (Wildman–Crippen MR) is 79.7 cm³/mol. The highest BCUT2D eigenvalue weighted by Gasteiger charge is 2.19. The molecular weight excluding hydrogens is 262 g/mol. The van der Waals surface area contributed by atoms with Gasteiger partial charge in [-0.15, -0.1) is 12.4 Å². The normalized spacial score (nSPS) is 17.5. The predicted octanol–water partition coefficient (Wildman–Crippen LogP) is 0.973. The van der Waals surface area contributed by atoms with Crippen LogP contribution in [0.4, 0.5) is 0 Å². The van der Waals surface area contributed by atoms with Crippen molar-refractivity contribution in [3.8, 4) is 0 Å². The molecule has 1 aromatic rings. The zero-order valence-electron chi connectivity index (χ0n) is 11.5. The molecule has 0 fully saturated rings. The molecule has 1 aliphatic rings. The highest BCUT2D eigenvalue weighted by Crippen LogP contribution is 2.21. The van der Waals surface area contributed by atoms with Gasteiger partial charge in [-0.3, -0.25) is 4.79 Å². The lowest BCUT2D eigenvalue weighted by atomic mass is 9.94. The lowest BCUT2D eigenvalue weighted by Crippen LogP contribution is -2.41. The summed E-state index contributed by atoms with van der Waals surface area (Å²) in [5.41, 5.74) is 2.71. The minimum atomic E-state index is 0. The fraction of sp³-hybridized carbons (Fsp3) is 0.500. The van der Waals surface area contributed by atoms with Crippen molar-refractivity contribution < 1.29 is 4.79 Å². The zero-order valence-corrected chi connectivity index (χ0v) is 12.3. The first-order valence-electron chi connectivity index (χ1n) is 6.39. The van der Waals surface area contributed by atoms with E-state index in [1.54, 1.807) is 0 Å². The third kappa shape index (κ3) is 4.49. The van der Waals surface area contributed by atoms with Crippen LogP contribution in [0.1, 0.15) is 17.2 Å². The van der Waals surface area contributed by atoms with Gasteiger partial charge in [-0.1, -0.05) is 24.3 Å². The fourth-order valence-electron chi connectivity index (χ4n) is 2.33. The van der Waals surface area contributed by atoms with Gasteiger partial charge in [0.15, 0.2) is 0 Å². The summed E-state index contributed by atoms with van der Waals surface area (Å²) >= 11 is 0. The van der Waals surface area contributed by atoms with Crippen LogP contribution in [0.15, 0.2) is 24.3 Å². The number of fused-ring (bicyclic) bond motifs is 1. The first-order valence-corrected chi connectivity index (χ1v) is 6.39. The van der Waals surface area contributed by atoms with Gasteiger partial charge >= 0.3 is 0 Å². The van der Waals surface area contributed by atoms with Crippen LogP contribution in [0.2, 0.25) is 0 Å². The minimum absolute atomic E-state index is 0. The second-order valence-electron chi connectivity index (χ2n) is 5.00. The maximum Gasteiger partial charge on any atom is 0.234 e. The molecule has 0 bridgehead atoms. The van der Waals surface area contributed by atoms with Crippen molar-refractivity contribution in [2.24, 2.45) is 0 Å². The number of benzene rings is 1. The standard InChI is InChI=1S/C14H21N3O.ClH/c1-17(2)10-14(18)16-9-13-12-6-4-3-5-11(12)7-8-15-13;/h3-6,13,15H,7-10H2,1-2H3,(H,16,18);1H. The Hall–Kier alpha value is -1.10. The Morgan fingerprint density at radius 1 is 1.42 bits per heavy atom. The number of halogens is 1. The molecular formula is C14H22ClN3O. The zero-order chi connectivity index (χ0) is 13.0. The van der Waals surface area contributed by atoms with E-state index in [9.17, 15) is 4.79 Å². The molecule has 0 saturated carbocycles. The number of nitrogens with zero attached hydrogens (tertiary/aromatic N) is 1. The number of carbonyl (C=O) groups is 1. The van der Waals surface area contributed by atoms with Gasteiger partial charge in [0.2, 0.25) is 5.91 Å². The second kappa shape index (κ2) is 7.48. The maximum atomic E-state index is 11.6. The maximum absolute atomic E-state index is 11.6. The van der Waals surface area contributed by atoms with Crippen LogP contribution in [0.25, 0.3) is 0 Å². The van der Waals surface area contributed by atoms with Crippen molar-refractivity contribution in [2.45, 2.75) is 12.5 Å². The van der Waals surface area contributed by atoms with Gasteiger partial charge in [0.25, 0.3) is 0 Å². The summed E-state index contributed by atoms with van der Waals surface area (Å²) in [4.78, 5) is 13.5. The summed E-state index contributed by atoms with van der Waals surface area (Å²) in [6.07, 6.45) is 1.07. The van der Waals surface area contributed by atoms with Crippen molar-refractivity contribution in [2.75, 3.05) is 33.7 Å². The summed E-state index contributed by atoms with van der Waals surface area (Å²) in [6.45, 7) is 2.07. The van der Waals surface area contributed by atoms with Gasteiger partial charge in [-0.25, -0.2) is 0 Å². The molecule has 1 aromatic carbocycles. The van der Waals surface area contributed by atoms with Crippen LogP contribution in [0.3, 0.4) is 0 Å². The number of likely N-dealkylation sites (N-methyl/N-ethyl adjacent to an activating group) is 1. The molecule has 1 heterocycles. The Bertz CT molecular complexity index is 423. The molecule has 0 spiro atoms. The molecule has 5 heteroatoms. The molecule has 0 aliphatic carbocycles. The number of carbonyl (C=O) groups excluding carboxylic acids is 1. The smallest absolute Gasteiger partial charge is 0.234 e. The monoisotopic (exact) mass is 283 g/mol.